The molecule has 0 saturated carbocycles. The van der Waals surface area contributed by atoms with Gasteiger partial charge in [0.1, 0.15) is 5.69 Å². The number of hydrogen-bond acceptors (Lipinski definition) is 4. The SMILES string of the molecule is C=CC(=O)N1Cc2c(-c3ccncc3)c(-c3cccc(C#N)c3)nn2C[C@@H]1C. The highest BCUT2D eigenvalue weighted by Gasteiger charge is 2.31. The summed E-state index contributed by atoms with van der Waals surface area (Å²) in [6.45, 7) is 6.69. The van der Waals surface area contributed by atoms with E-state index in [1.165, 1.54) is 6.08 Å². The van der Waals surface area contributed by atoms with Gasteiger partial charge in [-0.15, -0.1) is 0 Å². The maximum absolute atomic E-state index is 12.3. The van der Waals surface area contributed by atoms with Gasteiger partial charge in [-0.05, 0) is 42.8 Å². The summed E-state index contributed by atoms with van der Waals surface area (Å²) in [6.07, 6.45) is 4.84. The molecule has 0 radical (unpaired) electrons. The van der Waals surface area contributed by atoms with E-state index < -0.39 is 0 Å². The van der Waals surface area contributed by atoms with Crippen molar-refractivity contribution in [2.24, 2.45) is 0 Å². The van der Waals surface area contributed by atoms with Crippen LogP contribution in [-0.2, 0) is 17.9 Å². The second kappa shape index (κ2) is 7.12. The first-order valence-corrected chi connectivity index (χ1v) is 9.06. The van der Waals surface area contributed by atoms with Crippen LogP contribution >= 0.6 is 0 Å². The van der Waals surface area contributed by atoms with Gasteiger partial charge >= 0.3 is 0 Å². The van der Waals surface area contributed by atoms with Crippen LogP contribution < -0.4 is 0 Å². The Morgan fingerprint density at radius 1 is 1.29 bits per heavy atom. The number of carbonyl (C=O) groups excluding carboxylic acids is 1. The number of benzene rings is 1. The van der Waals surface area contributed by atoms with Gasteiger partial charge in [0, 0.05) is 29.6 Å². The highest BCUT2D eigenvalue weighted by atomic mass is 16.2. The first kappa shape index (κ1) is 17.7. The Kier molecular flexibility index (Phi) is 4.50. The van der Waals surface area contributed by atoms with Crippen LogP contribution in [-0.4, -0.2) is 31.6 Å². The van der Waals surface area contributed by atoms with Gasteiger partial charge in [0.05, 0.1) is 30.4 Å². The van der Waals surface area contributed by atoms with Crippen molar-refractivity contribution in [1.82, 2.24) is 19.7 Å². The molecule has 1 atom stereocenters. The van der Waals surface area contributed by atoms with E-state index in [0.29, 0.717) is 18.7 Å². The Hall–Kier alpha value is -3.72. The molecule has 0 saturated heterocycles. The molecular weight excluding hydrogens is 350 g/mol. The largest absolute Gasteiger partial charge is 0.329 e. The van der Waals surface area contributed by atoms with Crippen molar-refractivity contribution < 1.29 is 4.79 Å². The number of nitriles is 1. The van der Waals surface area contributed by atoms with E-state index in [1.807, 2.05) is 46.8 Å². The average molecular weight is 369 g/mol. The molecular formula is C22H19N5O. The number of hydrogen-bond donors (Lipinski definition) is 0. The highest BCUT2D eigenvalue weighted by molar-refractivity contribution is 5.88. The number of nitrogens with zero attached hydrogens (tertiary/aromatic N) is 5. The number of aromatic nitrogens is 3. The normalized spacial score (nSPS) is 15.6. The fraction of sp³-hybridized carbons (Fsp3) is 0.182. The second-order valence-corrected chi connectivity index (χ2v) is 6.80. The minimum atomic E-state index is -0.0892. The van der Waals surface area contributed by atoms with Gasteiger partial charge in [-0.1, -0.05) is 18.7 Å². The van der Waals surface area contributed by atoms with Crippen LogP contribution in [0.2, 0.25) is 0 Å². The minimum Gasteiger partial charge on any atom is -0.329 e. The predicted molar refractivity (Wildman–Crippen MR) is 106 cm³/mol. The van der Waals surface area contributed by atoms with Crippen molar-refractivity contribution in [3.63, 3.8) is 0 Å². The second-order valence-electron chi connectivity index (χ2n) is 6.80. The summed E-state index contributed by atoms with van der Waals surface area (Å²) < 4.78 is 1.97. The number of pyridine rings is 1. The van der Waals surface area contributed by atoms with Crippen LogP contribution in [0.4, 0.5) is 0 Å². The molecule has 6 nitrogen and oxygen atoms in total. The van der Waals surface area contributed by atoms with E-state index in [4.69, 9.17) is 5.10 Å². The van der Waals surface area contributed by atoms with Gasteiger partial charge < -0.3 is 4.90 Å². The van der Waals surface area contributed by atoms with E-state index in [1.54, 1.807) is 18.5 Å². The summed E-state index contributed by atoms with van der Waals surface area (Å²) in [4.78, 5) is 18.3. The maximum Gasteiger partial charge on any atom is 0.246 e. The summed E-state index contributed by atoms with van der Waals surface area (Å²) in [5.41, 5.74) is 5.18. The van der Waals surface area contributed by atoms with Gasteiger partial charge in [-0.25, -0.2) is 0 Å². The molecule has 0 bridgehead atoms. The third-order valence-corrected chi connectivity index (χ3v) is 5.04. The monoisotopic (exact) mass is 369 g/mol. The van der Waals surface area contributed by atoms with E-state index >= 15 is 0 Å². The Morgan fingerprint density at radius 2 is 2.07 bits per heavy atom. The minimum absolute atomic E-state index is 0.0153. The molecule has 6 heteroatoms. The highest BCUT2D eigenvalue weighted by Crippen LogP contribution is 2.37. The molecule has 0 aliphatic carbocycles. The molecule has 0 fully saturated rings. The van der Waals surface area contributed by atoms with E-state index in [0.717, 1.165) is 28.1 Å². The average Bonchev–Trinajstić information content (AvgIpc) is 3.11. The topological polar surface area (TPSA) is 74.8 Å². The molecule has 28 heavy (non-hydrogen) atoms. The van der Waals surface area contributed by atoms with Gasteiger partial charge in [0.25, 0.3) is 0 Å². The molecule has 4 rings (SSSR count). The Balaban J connectivity index is 1.92. The van der Waals surface area contributed by atoms with Crippen molar-refractivity contribution in [1.29, 1.82) is 5.26 Å². The predicted octanol–water partition coefficient (Wildman–Crippen LogP) is 3.40. The number of carbonyl (C=O) groups is 1. The number of amides is 1. The van der Waals surface area contributed by atoms with Crippen LogP contribution in [0.25, 0.3) is 22.4 Å². The van der Waals surface area contributed by atoms with E-state index in [9.17, 15) is 10.1 Å². The molecule has 0 spiro atoms. The summed E-state index contributed by atoms with van der Waals surface area (Å²) in [7, 11) is 0. The van der Waals surface area contributed by atoms with Gasteiger partial charge in [0.2, 0.25) is 5.91 Å². The standard InChI is InChI=1S/C22H19N5O/c1-3-20(28)26-14-19-21(17-7-9-24-10-8-17)22(25-27(19)13-15(26)2)18-6-4-5-16(11-18)12-23/h3-11,15H,1,13-14H2,2H3/t15-/m0/s1. The first-order chi connectivity index (χ1) is 13.6. The zero-order valence-electron chi connectivity index (χ0n) is 15.5. The fourth-order valence-corrected chi connectivity index (χ4v) is 3.65. The smallest absolute Gasteiger partial charge is 0.246 e. The Labute approximate surface area is 163 Å². The molecule has 3 heterocycles. The third-order valence-electron chi connectivity index (χ3n) is 5.04. The fourth-order valence-electron chi connectivity index (χ4n) is 3.65. The lowest BCUT2D eigenvalue weighted by Gasteiger charge is -2.33. The van der Waals surface area contributed by atoms with Gasteiger partial charge in [-0.3, -0.25) is 14.5 Å². The van der Waals surface area contributed by atoms with Crippen molar-refractivity contribution in [3.05, 3.63) is 72.7 Å². The molecule has 1 amide bonds. The summed E-state index contributed by atoms with van der Waals surface area (Å²) in [5, 5.41) is 14.1. The van der Waals surface area contributed by atoms with Crippen molar-refractivity contribution >= 4 is 5.91 Å². The number of rotatable bonds is 3. The number of fused-ring (bicyclic) bond motifs is 1. The molecule has 138 valence electrons. The van der Waals surface area contributed by atoms with Crippen LogP contribution in [0.3, 0.4) is 0 Å². The van der Waals surface area contributed by atoms with Crippen LogP contribution in [0.5, 0.6) is 0 Å². The summed E-state index contributed by atoms with van der Waals surface area (Å²) >= 11 is 0. The maximum atomic E-state index is 12.3. The zero-order valence-corrected chi connectivity index (χ0v) is 15.5. The lowest BCUT2D eigenvalue weighted by atomic mass is 9.97. The third kappa shape index (κ3) is 2.97. The molecule has 1 aliphatic heterocycles. The molecule has 0 unspecified atom stereocenters. The Bertz CT molecular complexity index is 1090. The molecule has 2 aromatic heterocycles. The van der Waals surface area contributed by atoms with Crippen LogP contribution in [0.1, 0.15) is 18.2 Å². The quantitative estimate of drug-likeness (QED) is 0.663. The lowest BCUT2D eigenvalue weighted by Crippen LogP contribution is -2.44. The van der Waals surface area contributed by atoms with Crippen molar-refractivity contribution in [2.45, 2.75) is 26.1 Å². The van der Waals surface area contributed by atoms with Crippen molar-refractivity contribution in [2.75, 3.05) is 0 Å². The van der Waals surface area contributed by atoms with Gasteiger partial charge in [0.15, 0.2) is 0 Å². The van der Waals surface area contributed by atoms with Crippen LogP contribution in [0.15, 0.2) is 61.4 Å². The zero-order chi connectivity index (χ0) is 19.7. The molecule has 1 aromatic carbocycles. The Morgan fingerprint density at radius 3 is 2.79 bits per heavy atom. The van der Waals surface area contributed by atoms with Crippen molar-refractivity contribution in [3.8, 4) is 28.5 Å². The van der Waals surface area contributed by atoms with Crippen LogP contribution in [0, 0.1) is 11.3 Å². The van der Waals surface area contributed by atoms with E-state index in [-0.39, 0.29) is 11.9 Å². The van der Waals surface area contributed by atoms with E-state index in [2.05, 4.69) is 17.6 Å². The lowest BCUT2D eigenvalue weighted by molar-refractivity contribution is -0.129. The summed E-state index contributed by atoms with van der Waals surface area (Å²) in [5.74, 6) is -0.0892. The molecule has 0 N–H and O–H groups in total. The molecule has 1 aliphatic rings. The first-order valence-electron chi connectivity index (χ1n) is 9.06. The summed E-state index contributed by atoms with van der Waals surface area (Å²) in [6, 6.07) is 13.5. The van der Waals surface area contributed by atoms with Gasteiger partial charge in [-0.2, -0.15) is 10.4 Å². The molecule has 3 aromatic rings.